The van der Waals surface area contributed by atoms with E-state index in [0.29, 0.717) is 24.7 Å². The molecular weight excluding hydrogens is 664 g/mol. The first-order valence-corrected chi connectivity index (χ1v) is 19.0. The van der Waals surface area contributed by atoms with E-state index in [9.17, 15) is 14.4 Å². The van der Waals surface area contributed by atoms with E-state index >= 15 is 0 Å². The van der Waals surface area contributed by atoms with Crippen LogP contribution in [0.5, 0.6) is 0 Å². The molecule has 2 aliphatic carbocycles. The lowest BCUT2D eigenvalue weighted by molar-refractivity contribution is -0.135. The normalized spacial score (nSPS) is 23.6. The number of aromatic nitrogens is 3. The SMILES string of the molecule is CC(=O)CC1CCC(OC=O)CC1.CN1CCN([C@H]2c3ccc(Cl)cc3CCc3cccnc32)CC1.Cc1cn(C[C@@H]2CCCN(C=O)C2)cn1. The van der Waals surface area contributed by atoms with Crippen molar-refractivity contribution in [2.45, 2.75) is 90.3 Å². The van der Waals surface area contributed by atoms with Crippen molar-refractivity contribution in [2.24, 2.45) is 11.8 Å². The summed E-state index contributed by atoms with van der Waals surface area (Å²) in [4.78, 5) is 47.4. The van der Waals surface area contributed by atoms with Crippen molar-refractivity contribution in [3.8, 4) is 0 Å². The Morgan fingerprint density at radius 2 is 1.73 bits per heavy atom. The van der Waals surface area contributed by atoms with E-state index in [1.807, 2.05) is 30.4 Å². The molecule has 2 atom stereocenters. The molecule has 276 valence electrons. The fourth-order valence-electron chi connectivity index (χ4n) is 8.00. The number of piperazine rings is 1. The van der Waals surface area contributed by atoms with Crippen LogP contribution in [0.3, 0.4) is 0 Å². The lowest BCUT2D eigenvalue weighted by atomic mass is 9.84. The van der Waals surface area contributed by atoms with E-state index in [4.69, 9.17) is 21.3 Å². The lowest BCUT2D eigenvalue weighted by Crippen LogP contribution is -2.46. The Kier molecular flexibility index (Phi) is 14.6. The number of carbonyl (C=O) groups is 3. The number of benzene rings is 1. The molecule has 0 radical (unpaired) electrons. The predicted octanol–water partition coefficient (Wildman–Crippen LogP) is 5.93. The highest BCUT2D eigenvalue weighted by molar-refractivity contribution is 6.30. The van der Waals surface area contributed by atoms with Gasteiger partial charge in [-0.1, -0.05) is 23.7 Å². The van der Waals surface area contributed by atoms with Gasteiger partial charge in [0.05, 0.1) is 23.8 Å². The van der Waals surface area contributed by atoms with Crippen molar-refractivity contribution in [3.63, 3.8) is 0 Å². The number of nitrogens with zero attached hydrogens (tertiary/aromatic N) is 6. The van der Waals surface area contributed by atoms with Crippen molar-refractivity contribution in [3.05, 3.63) is 82.2 Å². The van der Waals surface area contributed by atoms with E-state index in [0.717, 1.165) is 108 Å². The van der Waals surface area contributed by atoms with Crippen molar-refractivity contribution in [2.75, 3.05) is 46.3 Å². The molecule has 2 saturated heterocycles. The summed E-state index contributed by atoms with van der Waals surface area (Å²) >= 11 is 6.26. The number of pyridine rings is 1. The average Bonchev–Trinajstić information content (AvgIpc) is 3.47. The summed E-state index contributed by atoms with van der Waals surface area (Å²) in [5.41, 5.74) is 6.43. The number of ether oxygens (including phenoxy) is 1. The number of ketones is 1. The monoisotopic (exact) mass is 718 g/mol. The summed E-state index contributed by atoms with van der Waals surface area (Å²) in [6.07, 6.45) is 15.9. The number of Topliss-reactive ketones (excluding diaryl/α,β-unsaturated/α-hetero) is 1. The zero-order chi connectivity index (χ0) is 36.2. The van der Waals surface area contributed by atoms with Gasteiger partial charge in [0, 0.05) is 69.7 Å². The van der Waals surface area contributed by atoms with Crippen LogP contribution < -0.4 is 0 Å². The third-order valence-electron chi connectivity index (χ3n) is 10.7. The Morgan fingerprint density at radius 1 is 0.961 bits per heavy atom. The summed E-state index contributed by atoms with van der Waals surface area (Å²) in [6, 6.07) is 10.9. The van der Waals surface area contributed by atoms with E-state index in [1.165, 1.54) is 28.8 Å². The molecule has 0 unspecified atom stereocenters. The average molecular weight is 719 g/mol. The summed E-state index contributed by atoms with van der Waals surface area (Å²) in [6.45, 7) is 11.3. The molecule has 4 heterocycles. The van der Waals surface area contributed by atoms with Crippen molar-refractivity contribution < 1.29 is 19.1 Å². The summed E-state index contributed by atoms with van der Waals surface area (Å²) < 4.78 is 6.99. The van der Waals surface area contributed by atoms with Gasteiger partial charge in [-0.3, -0.25) is 19.5 Å². The second-order valence-corrected chi connectivity index (χ2v) is 15.2. The van der Waals surface area contributed by atoms with Crippen molar-refractivity contribution in [1.82, 2.24) is 29.2 Å². The number of carbonyl (C=O) groups excluding carboxylic acids is 3. The van der Waals surface area contributed by atoms with Gasteiger partial charge in [-0.05, 0) is 119 Å². The van der Waals surface area contributed by atoms with E-state index < -0.39 is 0 Å². The minimum absolute atomic E-state index is 0.0979. The maximum atomic E-state index is 10.8. The van der Waals surface area contributed by atoms with Gasteiger partial charge >= 0.3 is 0 Å². The standard InChI is InChI=1S/C19H22ClN3.C11H17N3O.C10H16O3/c1-22-9-11-23(12-10-22)19-17-7-6-16(20)13-15(17)5-4-14-3-2-8-21-18(14)19;1-10-5-14(8-12-10)7-11-3-2-4-13(6-11)9-15;1-8(12)6-9-2-4-10(5-3-9)13-7-11/h2-3,6-8,13,19H,4-5,9-12H2,1H3;5,8-9,11H,2-4,6-7H2,1H3;7,9-10H,2-6H2,1H3/t19-;11-;/m01./s1. The molecule has 0 N–H and O–H groups in total. The number of fused-ring (bicyclic) bond motifs is 2. The van der Waals surface area contributed by atoms with Crippen molar-refractivity contribution >= 4 is 30.3 Å². The fraction of sp³-hybridized carbons (Fsp3) is 0.575. The molecule has 1 amide bonds. The molecular formula is C40H55ClN6O4. The summed E-state index contributed by atoms with van der Waals surface area (Å²) in [5.74, 6) is 1.36. The lowest BCUT2D eigenvalue weighted by Gasteiger charge is -2.38. The second kappa shape index (κ2) is 19.3. The van der Waals surface area contributed by atoms with Crippen LogP contribution >= 0.6 is 11.6 Å². The Balaban J connectivity index is 0.000000157. The van der Waals surface area contributed by atoms with Crippen LogP contribution in [-0.4, -0.2) is 100 Å². The van der Waals surface area contributed by atoms with E-state index in [2.05, 4.69) is 56.9 Å². The number of halogens is 1. The zero-order valence-corrected chi connectivity index (χ0v) is 31.3. The number of likely N-dealkylation sites (N-methyl/N-ethyl adjacent to an activating group) is 1. The van der Waals surface area contributed by atoms with Gasteiger partial charge < -0.3 is 23.9 Å². The molecule has 3 fully saturated rings. The number of aryl methyl sites for hydroxylation is 3. The van der Waals surface area contributed by atoms with Crippen molar-refractivity contribution in [1.29, 1.82) is 0 Å². The van der Waals surface area contributed by atoms with Crippen LogP contribution in [0, 0.1) is 18.8 Å². The predicted molar refractivity (Wildman–Crippen MR) is 200 cm³/mol. The zero-order valence-electron chi connectivity index (χ0n) is 30.6. The highest BCUT2D eigenvalue weighted by Gasteiger charge is 2.31. The Bertz CT molecular complexity index is 1570. The third-order valence-corrected chi connectivity index (χ3v) is 10.9. The second-order valence-electron chi connectivity index (χ2n) is 14.7. The number of piperidine rings is 1. The van der Waals surface area contributed by atoms with Gasteiger partial charge in [-0.2, -0.15) is 0 Å². The Morgan fingerprint density at radius 3 is 2.41 bits per heavy atom. The van der Waals surface area contributed by atoms with Gasteiger partial charge in [0.2, 0.25) is 6.41 Å². The molecule has 7 rings (SSSR count). The molecule has 3 aromatic rings. The van der Waals surface area contributed by atoms with Gasteiger partial charge in [-0.25, -0.2) is 4.98 Å². The molecule has 10 nitrogen and oxygen atoms in total. The van der Waals surface area contributed by atoms with Crippen LogP contribution in [0.2, 0.25) is 5.02 Å². The fourth-order valence-corrected chi connectivity index (χ4v) is 8.20. The molecule has 2 aromatic heterocycles. The maximum absolute atomic E-state index is 10.8. The van der Waals surface area contributed by atoms with Crippen LogP contribution in [0.25, 0.3) is 0 Å². The van der Waals surface area contributed by atoms with Crippen LogP contribution in [0.1, 0.15) is 86.0 Å². The van der Waals surface area contributed by atoms with Gasteiger partial charge in [-0.15, -0.1) is 0 Å². The Hall–Kier alpha value is -3.60. The number of imidazole rings is 1. The number of hydrogen-bond donors (Lipinski definition) is 0. The Labute approximate surface area is 308 Å². The summed E-state index contributed by atoms with van der Waals surface area (Å²) in [7, 11) is 2.20. The minimum Gasteiger partial charge on any atom is -0.465 e. The number of rotatable bonds is 8. The van der Waals surface area contributed by atoms with Gasteiger partial charge in [0.25, 0.3) is 6.47 Å². The first-order valence-electron chi connectivity index (χ1n) is 18.6. The third kappa shape index (κ3) is 11.4. The molecule has 0 spiro atoms. The highest BCUT2D eigenvalue weighted by Crippen LogP contribution is 2.37. The molecule has 0 bridgehead atoms. The van der Waals surface area contributed by atoms with Gasteiger partial charge in [0.1, 0.15) is 11.9 Å². The molecule has 2 aliphatic heterocycles. The van der Waals surface area contributed by atoms with E-state index in [1.54, 1.807) is 6.92 Å². The topological polar surface area (TPSA) is 101 Å². The van der Waals surface area contributed by atoms with Crippen LogP contribution in [-0.2, 0) is 38.5 Å². The largest absolute Gasteiger partial charge is 0.465 e. The number of hydrogen-bond acceptors (Lipinski definition) is 8. The number of likely N-dealkylation sites (tertiary alicyclic amines) is 1. The quantitative estimate of drug-likeness (QED) is 0.265. The van der Waals surface area contributed by atoms with Crippen LogP contribution in [0.4, 0.5) is 0 Å². The smallest absolute Gasteiger partial charge is 0.293 e. The molecule has 11 heteroatoms. The molecule has 1 aromatic carbocycles. The molecule has 51 heavy (non-hydrogen) atoms. The highest BCUT2D eigenvalue weighted by atomic mass is 35.5. The minimum atomic E-state index is 0.0979. The first kappa shape index (κ1) is 38.6. The molecule has 1 saturated carbocycles. The summed E-state index contributed by atoms with van der Waals surface area (Å²) in [5, 5.41) is 0.833. The first-order chi connectivity index (χ1) is 24.7. The molecule has 4 aliphatic rings. The van der Waals surface area contributed by atoms with Gasteiger partial charge in [0.15, 0.2) is 0 Å². The number of amides is 1. The van der Waals surface area contributed by atoms with E-state index in [-0.39, 0.29) is 17.9 Å². The van der Waals surface area contributed by atoms with Crippen LogP contribution in [0.15, 0.2) is 49.1 Å². The maximum Gasteiger partial charge on any atom is 0.293 e.